The van der Waals surface area contributed by atoms with E-state index >= 15 is 0 Å². The number of anilines is 1. The maximum atomic E-state index is 11.3. The molecule has 1 aromatic carbocycles. The monoisotopic (exact) mass is 277 g/mol. The lowest BCUT2D eigenvalue weighted by atomic mass is 10.1. The molecule has 0 aromatic heterocycles. The average molecular weight is 277 g/mol. The molecule has 0 unspecified atom stereocenters. The van der Waals surface area contributed by atoms with Crippen LogP contribution in [0.4, 0.5) is 11.4 Å². The van der Waals surface area contributed by atoms with Crippen LogP contribution >= 0.6 is 0 Å². The molecule has 1 aromatic rings. The average Bonchev–Trinajstić information content (AvgIpc) is 2.92. The molecule has 0 aliphatic carbocycles. The molecule has 1 fully saturated rings. The Morgan fingerprint density at radius 3 is 2.60 bits per heavy atom. The minimum atomic E-state index is -0.247. The standard InChI is InChI=1S/C15H23N3O2/c1-16(2)9-5-6-13-7-8-14(15(12-13)18(19)20)17-10-3-4-11-17/h7-8,12H,3-6,9-11H2,1-2H3. The van der Waals surface area contributed by atoms with Gasteiger partial charge in [-0.15, -0.1) is 0 Å². The lowest BCUT2D eigenvalue weighted by Gasteiger charge is -2.18. The molecule has 0 bridgehead atoms. The van der Waals surface area contributed by atoms with Gasteiger partial charge in [0.1, 0.15) is 5.69 Å². The molecule has 0 amide bonds. The van der Waals surface area contributed by atoms with E-state index in [1.807, 2.05) is 26.2 Å². The molecule has 1 saturated heterocycles. The van der Waals surface area contributed by atoms with Crippen molar-refractivity contribution in [2.24, 2.45) is 0 Å². The number of rotatable bonds is 6. The van der Waals surface area contributed by atoms with Gasteiger partial charge < -0.3 is 9.80 Å². The Hall–Kier alpha value is -1.62. The molecule has 5 heteroatoms. The first-order chi connectivity index (χ1) is 9.58. The van der Waals surface area contributed by atoms with E-state index in [9.17, 15) is 10.1 Å². The van der Waals surface area contributed by atoms with Gasteiger partial charge in [0.15, 0.2) is 0 Å². The van der Waals surface area contributed by atoms with Gasteiger partial charge in [-0.1, -0.05) is 6.07 Å². The number of benzene rings is 1. The lowest BCUT2D eigenvalue weighted by molar-refractivity contribution is -0.384. The molecule has 2 rings (SSSR count). The molecule has 1 heterocycles. The predicted octanol–water partition coefficient (Wildman–Crippen LogP) is 2.69. The molecule has 0 atom stereocenters. The quantitative estimate of drug-likeness (QED) is 0.592. The molecular weight excluding hydrogens is 254 g/mol. The molecule has 0 spiro atoms. The largest absolute Gasteiger partial charge is 0.366 e. The fourth-order valence-electron chi connectivity index (χ4n) is 2.70. The minimum Gasteiger partial charge on any atom is -0.366 e. The van der Waals surface area contributed by atoms with Gasteiger partial charge in [-0.2, -0.15) is 0 Å². The summed E-state index contributed by atoms with van der Waals surface area (Å²) in [5, 5.41) is 11.3. The molecule has 1 aliphatic heterocycles. The van der Waals surface area contributed by atoms with Crippen molar-refractivity contribution in [2.45, 2.75) is 25.7 Å². The SMILES string of the molecule is CN(C)CCCc1ccc(N2CCCC2)c([N+](=O)[O-])c1. The third kappa shape index (κ3) is 3.70. The Morgan fingerprint density at radius 1 is 1.30 bits per heavy atom. The predicted molar refractivity (Wildman–Crippen MR) is 81.4 cm³/mol. The van der Waals surface area contributed by atoms with Crippen LogP contribution in [0.1, 0.15) is 24.8 Å². The summed E-state index contributed by atoms with van der Waals surface area (Å²) in [5.74, 6) is 0. The Labute approximate surface area is 120 Å². The maximum absolute atomic E-state index is 11.3. The smallest absolute Gasteiger partial charge is 0.292 e. The summed E-state index contributed by atoms with van der Waals surface area (Å²) in [6, 6.07) is 5.72. The van der Waals surface area contributed by atoms with Crippen molar-refractivity contribution in [2.75, 3.05) is 38.6 Å². The second kappa shape index (κ2) is 6.70. The van der Waals surface area contributed by atoms with Gasteiger partial charge in [0.05, 0.1) is 4.92 Å². The van der Waals surface area contributed by atoms with Crippen LogP contribution in [0, 0.1) is 10.1 Å². The molecule has 110 valence electrons. The second-order valence-electron chi connectivity index (χ2n) is 5.68. The van der Waals surface area contributed by atoms with Crippen LogP contribution in [0.2, 0.25) is 0 Å². The zero-order valence-electron chi connectivity index (χ0n) is 12.3. The van der Waals surface area contributed by atoms with Gasteiger partial charge in [-0.05, 0) is 58.0 Å². The van der Waals surface area contributed by atoms with E-state index in [0.29, 0.717) is 0 Å². The minimum absolute atomic E-state index is 0.247. The highest BCUT2D eigenvalue weighted by molar-refractivity contribution is 5.64. The number of hydrogen-bond acceptors (Lipinski definition) is 4. The van der Waals surface area contributed by atoms with Gasteiger partial charge in [0.25, 0.3) is 5.69 Å². The number of nitro benzene ring substituents is 1. The first-order valence-corrected chi connectivity index (χ1v) is 7.25. The Kier molecular flexibility index (Phi) is 4.95. The number of nitrogens with zero attached hydrogens (tertiary/aromatic N) is 3. The summed E-state index contributed by atoms with van der Waals surface area (Å²) in [6.07, 6.45) is 4.16. The van der Waals surface area contributed by atoms with E-state index in [0.717, 1.165) is 56.6 Å². The molecular formula is C15H23N3O2. The van der Waals surface area contributed by atoms with Crippen LogP contribution in [0.15, 0.2) is 18.2 Å². The van der Waals surface area contributed by atoms with Crippen molar-refractivity contribution >= 4 is 11.4 Å². The van der Waals surface area contributed by atoms with Crippen molar-refractivity contribution < 1.29 is 4.92 Å². The van der Waals surface area contributed by atoms with E-state index in [4.69, 9.17) is 0 Å². The van der Waals surface area contributed by atoms with Gasteiger partial charge in [0.2, 0.25) is 0 Å². The summed E-state index contributed by atoms with van der Waals surface area (Å²) >= 11 is 0. The van der Waals surface area contributed by atoms with Gasteiger partial charge in [-0.25, -0.2) is 0 Å². The molecule has 0 N–H and O–H groups in total. The van der Waals surface area contributed by atoms with Gasteiger partial charge in [0, 0.05) is 19.2 Å². The van der Waals surface area contributed by atoms with Crippen molar-refractivity contribution in [3.8, 4) is 0 Å². The van der Waals surface area contributed by atoms with E-state index < -0.39 is 0 Å². The fourth-order valence-corrected chi connectivity index (χ4v) is 2.70. The van der Waals surface area contributed by atoms with Crippen molar-refractivity contribution in [3.63, 3.8) is 0 Å². The summed E-state index contributed by atoms with van der Waals surface area (Å²) in [7, 11) is 4.08. The number of hydrogen-bond donors (Lipinski definition) is 0. The zero-order chi connectivity index (χ0) is 14.5. The fraction of sp³-hybridized carbons (Fsp3) is 0.600. The van der Waals surface area contributed by atoms with E-state index in [1.165, 1.54) is 0 Å². The molecule has 20 heavy (non-hydrogen) atoms. The van der Waals surface area contributed by atoms with Crippen LogP contribution < -0.4 is 4.90 Å². The Bertz CT molecular complexity index is 468. The summed E-state index contributed by atoms with van der Waals surface area (Å²) in [6.45, 7) is 2.86. The van der Waals surface area contributed by atoms with Crippen LogP contribution in [-0.4, -0.2) is 43.6 Å². The molecule has 0 saturated carbocycles. The summed E-state index contributed by atoms with van der Waals surface area (Å²) in [5.41, 5.74) is 2.10. The van der Waals surface area contributed by atoms with Crippen LogP contribution in [-0.2, 0) is 6.42 Å². The van der Waals surface area contributed by atoms with E-state index in [-0.39, 0.29) is 10.6 Å². The molecule has 0 radical (unpaired) electrons. The number of aryl methyl sites for hydroxylation is 1. The lowest BCUT2D eigenvalue weighted by Crippen LogP contribution is -2.19. The van der Waals surface area contributed by atoms with Crippen molar-refractivity contribution in [1.29, 1.82) is 0 Å². The first kappa shape index (κ1) is 14.8. The van der Waals surface area contributed by atoms with E-state index in [2.05, 4.69) is 9.80 Å². The normalized spacial score (nSPS) is 15.1. The third-order valence-corrected chi connectivity index (χ3v) is 3.75. The summed E-state index contributed by atoms with van der Waals surface area (Å²) in [4.78, 5) is 15.3. The number of nitro groups is 1. The highest BCUT2D eigenvalue weighted by Crippen LogP contribution is 2.31. The second-order valence-corrected chi connectivity index (χ2v) is 5.68. The summed E-state index contributed by atoms with van der Waals surface area (Å²) < 4.78 is 0. The Morgan fingerprint density at radius 2 is 2.00 bits per heavy atom. The molecule has 5 nitrogen and oxygen atoms in total. The maximum Gasteiger partial charge on any atom is 0.292 e. The van der Waals surface area contributed by atoms with Crippen molar-refractivity contribution in [1.82, 2.24) is 4.90 Å². The topological polar surface area (TPSA) is 49.6 Å². The Balaban J connectivity index is 2.12. The third-order valence-electron chi connectivity index (χ3n) is 3.75. The van der Waals surface area contributed by atoms with Crippen LogP contribution in [0.5, 0.6) is 0 Å². The van der Waals surface area contributed by atoms with E-state index in [1.54, 1.807) is 6.07 Å². The zero-order valence-corrected chi connectivity index (χ0v) is 12.3. The highest BCUT2D eigenvalue weighted by atomic mass is 16.6. The van der Waals surface area contributed by atoms with Gasteiger partial charge >= 0.3 is 0 Å². The van der Waals surface area contributed by atoms with Crippen molar-refractivity contribution in [3.05, 3.63) is 33.9 Å². The van der Waals surface area contributed by atoms with Crippen LogP contribution in [0.3, 0.4) is 0 Å². The van der Waals surface area contributed by atoms with Crippen LogP contribution in [0.25, 0.3) is 0 Å². The highest BCUT2D eigenvalue weighted by Gasteiger charge is 2.22. The molecule has 1 aliphatic rings. The first-order valence-electron chi connectivity index (χ1n) is 7.25. The van der Waals surface area contributed by atoms with Gasteiger partial charge in [-0.3, -0.25) is 10.1 Å².